The van der Waals surface area contributed by atoms with Gasteiger partial charge in [0.15, 0.2) is 5.82 Å². The summed E-state index contributed by atoms with van der Waals surface area (Å²) in [7, 11) is 3.12. The summed E-state index contributed by atoms with van der Waals surface area (Å²) in [5.41, 5.74) is 9.42. The summed E-state index contributed by atoms with van der Waals surface area (Å²) in [6.45, 7) is 3.84. The molecule has 3 heterocycles. The number of nitrogens with one attached hydrogen (secondary N) is 5. The van der Waals surface area contributed by atoms with Crippen LogP contribution in [0.4, 0.5) is 17.2 Å². The second kappa shape index (κ2) is 9.28. The molecule has 1 aliphatic heterocycles. The van der Waals surface area contributed by atoms with Crippen molar-refractivity contribution in [2.45, 2.75) is 37.6 Å². The summed E-state index contributed by atoms with van der Waals surface area (Å²) in [4.78, 5) is 29.7. The molecule has 2 aliphatic rings. The highest BCUT2D eigenvalue weighted by atomic mass is 16.5. The van der Waals surface area contributed by atoms with E-state index in [1.54, 1.807) is 19.2 Å². The number of aromatic nitrogens is 3. The van der Waals surface area contributed by atoms with E-state index >= 15 is 0 Å². The summed E-state index contributed by atoms with van der Waals surface area (Å²) in [6, 6.07) is 15.2. The minimum Gasteiger partial charge on any atom is -0.497 e. The van der Waals surface area contributed by atoms with Gasteiger partial charge in [0.1, 0.15) is 17.1 Å². The SMILES string of the molecule is COc1ccc2c(c1)[C@]1(C[C@H]1c1ccc3c(Nc4ccc(C(=O)NNC(C)C)nc4OC)n[nH]c3c1)C(=O)N2. The van der Waals surface area contributed by atoms with Gasteiger partial charge in [-0.2, -0.15) is 5.10 Å². The van der Waals surface area contributed by atoms with Gasteiger partial charge < -0.3 is 20.1 Å². The van der Waals surface area contributed by atoms with Crippen molar-refractivity contribution in [3.8, 4) is 11.6 Å². The molecule has 1 saturated carbocycles. The molecule has 4 aromatic rings. The molecule has 2 aromatic carbocycles. The van der Waals surface area contributed by atoms with Crippen molar-refractivity contribution in [2.75, 3.05) is 24.9 Å². The fourth-order valence-electron chi connectivity index (χ4n) is 5.27. The lowest BCUT2D eigenvalue weighted by atomic mass is 9.91. The van der Waals surface area contributed by atoms with Gasteiger partial charge in [-0.05, 0) is 73.9 Å². The molecule has 2 amide bonds. The monoisotopic (exact) mass is 527 g/mol. The van der Waals surface area contributed by atoms with Gasteiger partial charge in [-0.3, -0.25) is 20.1 Å². The van der Waals surface area contributed by atoms with Crippen LogP contribution in [-0.2, 0) is 10.2 Å². The summed E-state index contributed by atoms with van der Waals surface area (Å²) >= 11 is 0. The van der Waals surface area contributed by atoms with E-state index in [0.29, 0.717) is 11.5 Å². The second-order valence-corrected chi connectivity index (χ2v) is 10.1. The summed E-state index contributed by atoms with van der Waals surface area (Å²) < 4.78 is 10.8. The van der Waals surface area contributed by atoms with E-state index in [1.165, 1.54) is 7.11 Å². The number of methoxy groups -OCH3 is 2. The van der Waals surface area contributed by atoms with E-state index in [1.807, 2.05) is 50.2 Å². The number of rotatable bonds is 8. The molecule has 0 unspecified atom stereocenters. The normalized spacial score (nSPS) is 19.2. The molecule has 2 aromatic heterocycles. The third-order valence-corrected chi connectivity index (χ3v) is 7.32. The number of hydrazine groups is 1. The van der Waals surface area contributed by atoms with Crippen molar-refractivity contribution in [1.82, 2.24) is 26.0 Å². The first-order valence-electron chi connectivity index (χ1n) is 12.7. The minimum absolute atomic E-state index is 0.0273. The highest BCUT2D eigenvalue weighted by molar-refractivity contribution is 6.10. The van der Waals surface area contributed by atoms with Crippen LogP contribution in [0.1, 0.15) is 47.8 Å². The third kappa shape index (κ3) is 4.11. The van der Waals surface area contributed by atoms with Crippen molar-refractivity contribution in [1.29, 1.82) is 0 Å². The molecule has 0 radical (unpaired) electrons. The Kier molecular flexibility index (Phi) is 5.87. The standard InChI is InChI=1S/C28H29N7O4/c1-14(2)32-35-25(36)21-9-10-22(26(30-21)39-4)29-24-17-7-5-15(11-23(17)33-34-24)19-13-28(19)18-12-16(38-3)6-8-20(18)31-27(28)37/h5-12,14,19,32H,13H2,1-4H3,(H,31,37)(H,35,36)(H2,29,33,34)/t19-,28-/m0/s1. The highest BCUT2D eigenvalue weighted by Crippen LogP contribution is 2.65. The molecule has 1 aliphatic carbocycles. The first-order chi connectivity index (χ1) is 18.8. The zero-order valence-electron chi connectivity index (χ0n) is 22.0. The summed E-state index contributed by atoms with van der Waals surface area (Å²) in [5, 5.41) is 14.7. The van der Waals surface area contributed by atoms with E-state index in [0.717, 1.165) is 39.9 Å². The Bertz CT molecular complexity index is 1620. The Balaban J connectivity index is 1.24. The van der Waals surface area contributed by atoms with Crippen LogP contribution in [0.5, 0.6) is 11.6 Å². The number of nitrogens with zero attached hydrogens (tertiary/aromatic N) is 2. The average molecular weight is 528 g/mol. The number of pyridine rings is 1. The molecule has 39 heavy (non-hydrogen) atoms. The number of hydrogen-bond acceptors (Lipinski definition) is 8. The number of fused-ring (bicyclic) bond motifs is 3. The van der Waals surface area contributed by atoms with Crippen molar-refractivity contribution in [3.05, 3.63) is 65.4 Å². The number of anilines is 3. The maximum absolute atomic E-state index is 13.0. The van der Waals surface area contributed by atoms with Crippen LogP contribution in [0.3, 0.4) is 0 Å². The van der Waals surface area contributed by atoms with Crippen molar-refractivity contribution in [2.24, 2.45) is 0 Å². The van der Waals surface area contributed by atoms with E-state index < -0.39 is 5.41 Å². The molecule has 6 rings (SSSR count). The first-order valence-corrected chi connectivity index (χ1v) is 12.7. The van der Waals surface area contributed by atoms with Gasteiger partial charge in [0.2, 0.25) is 11.8 Å². The number of ether oxygens (including phenoxy) is 2. The fourth-order valence-corrected chi connectivity index (χ4v) is 5.27. The lowest BCUT2D eigenvalue weighted by Crippen LogP contribution is -2.41. The van der Waals surface area contributed by atoms with E-state index in [4.69, 9.17) is 9.47 Å². The van der Waals surface area contributed by atoms with Crippen LogP contribution in [0.15, 0.2) is 48.5 Å². The molecule has 200 valence electrons. The predicted octanol–water partition coefficient (Wildman–Crippen LogP) is 3.74. The molecular weight excluding hydrogens is 498 g/mol. The zero-order chi connectivity index (χ0) is 27.3. The first kappa shape index (κ1) is 24.7. The molecule has 11 nitrogen and oxygen atoms in total. The van der Waals surface area contributed by atoms with E-state index in [2.05, 4.69) is 36.7 Å². The van der Waals surface area contributed by atoms with Gasteiger partial charge in [0.05, 0.1) is 25.2 Å². The number of aromatic amines is 1. The smallest absolute Gasteiger partial charge is 0.284 e. The van der Waals surface area contributed by atoms with Gasteiger partial charge in [0, 0.05) is 23.0 Å². The van der Waals surface area contributed by atoms with Crippen LogP contribution in [0, 0.1) is 0 Å². The number of benzene rings is 2. The highest BCUT2D eigenvalue weighted by Gasteiger charge is 2.65. The number of H-pyrrole nitrogens is 1. The molecule has 5 N–H and O–H groups in total. The summed E-state index contributed by atoms with van der Waals surface area (Å²) in [6.07, 6.45) is 0.735. The Hall–Kier alpha value is -4.64. The van der Waals surface area contributed by atoms with Gasteiger partial charge in [-0.25, -0.2) is 10.4 Å². The average Bonchev–Trinajstić information content (AvgIpc) is 3.49. The van der Waals surface area contributed by atoms with Gasteiger partial charge >= 0.3 is 0 Å². The van der Waals surface area contributed by atoms with Gasteiger partial charge in [0.25, 0.3) is 5.91 Å². The lowest BCUT2D eigenvalue weighted by Gasteiger charge is -2.12. The van der Waals surface area contributed by atoms with Crippen LogP contribution < -0.4 is 31.0 Å². The minimum atomic E-state index is -0.573. The fraction of sp³-hybridized carbons (Fsp3) is 0.286. The van der Waals surface area contributed by atoms with E-state index in [9.17, 15) is 9.59 Å². The number of carbonyl (C=O) groups is 2. The zero-order valence-corrected chi connectivity index (χ0v) is 22.0. The lowest BCUT2D eigenvalue weighted by molar-refractivity contribution is -0.118. The number of amides is 2. The topological polar surface area (TPSA) is 142 Å². The molecule has 0 saturated heterocycles. The molecule has 0 bridgehead atoms. The molecule has 1 spiro atoms. The maximum Gasteiger partial charge on any atom is 0.284 e. The molecular formula is C28H29N7O4. The van der Waals surface area contributed by atoms with Crippen LogP contribution >= 0.6 is 0 Å². The molecule has 11 heteroatoms. The van der Waals surface area contributed by atoms with Gasteiger partial charge in [-0.15, -0.1) is 0 Å². The van der Waals surface area contributed by atoms with Gasteiger partial charge in [-0.1, -0.05) is 6.07 Å². The van der Waals surface area contributed by atoms with Crippen LogP contribution in [0.25, 0.3) is 10.9 Å². The van der Waals surface area contributed by atoms with Crippen molar-refractivity contribution in [3.63, 3.8) is 0 Å². The Morgan fingerprint density at radius 1 is 1.10 bits per heavy atom. The van der Waals surface area contributed by atoms with Crippen molar-refractivity contribution >= 4 is 39.9 Å². The van der Waals surface area contributed by atoms with Crippen molar-refractivity contribution < 1.29 is 19.1 Å². The quantitative estimate of drug-likeness (QED) is 0.218. The van der Waals surface area contributed by atoms with Crippen LogP contribution in [-0.4, -0.2) is 47.3 Å². The maximum atomic E-state index is 13.0. The molecule has 1 fully saturated rings. The second-order valence-electron chi connectivity index (χ2n) is 10.1. The van der Waals surface area contributed by atoms with Crippen LogP contribution in [0.2, 0.25) is 0 Å². The predicted molar refractivity (Wildman–Crippen MR) is 147 cm³/mol. The molecule has 2 atom stereocenters. The van der Waals surface area contributed by atoms with E-state index in [-0.39, 0.29) is 35.3 Å². The largest absolute Gasteiger partial charge is 0.497 e. The number of carbonyl (C=O) groups excluding carboxylic acids is 2. The number of hydrogen-bond donors (Lipinski definition) is 5. The summed E-state index contributed by atoms with van der Waals surface area (Å²) in [5.74, 6) is 1.32. The Morgan fingerprint density at radius 3 is 2.72 bits per heavy atom. The Morgan fingerprint density at radius 2 is 1.95 bits per heavy atom. The Labute approximate surface area is 224 Å². The third-order valence-electron chi connectivity index (χ3n) is 7.32.